The van der Waals surface area contributed by atoms with Crippen LogP contribution in [0, 0.1) is 29.6 Å². The third kappa shape index (κ3) is 18.6. The number of para-hydroxylation sites is 1. The molecule has 2 unspecified atom stereocenters. The maximum absolute atomic E-state index is 14.5. The first-order chi connectivity index (χ1) is 35.0. The maximum atomic E-state index is 14.5. The molecule has 0 aliphatic heterocycles. The third-order valence-electron chi connectivity index (χ3n) is 12.6. The summed E-state index contributed by atoms with van der Waals surface area (Å²) in [5.41, 5.74) is 3.29. The van der Waals surface area contributed by atoms with Gasteiger partial charge < -0.3 is 53.6 Å². The molecule has 1 heterocycles. The predicted molar refractivity (Wildman–Crippen MR) is 277 cm³/mol. The Balaban J connectivity index is 1.80. The van der Waals surface area contributed by atoms with Gasteiger partial charge in [-0.25, -0.2) is 0 Å². The Morgan fingerprint density at radius 2 is 1.27 bits per heavy atom. The Hall–Kier alpha value is -7.27. The van der Waals surface area contributed by atoms with Crippen molar-refractivity contribution in [1.82, 2.24) is 68.1 Å². The molecule has 0 saturated heterocycles. The van der Waals surface area contributed by atoms with E-state index in [0.717, 1.165) is 0 Å². The van der Waals surface area contributed by atoms with Gasteiger partial charge in [-0.15, -0.1) is 15.0 Å². The second-order valence-electron chi connectivity index (χ2n) is 21.2. The van der Waals surface area contributed by atoms with Crippen molar-refractivity contribution in [2.24, 2.45) is 35.3 Å². The molecule has 24 heteroatoms. The van der Waals surface area contributed by atoms with E-state index in [0.29, 0.717) is 5.69 Å². The second-order valence-corrected chi connectivity index (χ2v) is 21.2. The molecule has 3 rings (SSSR count). The maximum Gasteiger partial charge on any atom is 0.292 e. The Morgan fingerprint density at radius 3 is 1.76 bits per heavy atom. The first-order valence-corrected chi connectivity index (χ1v) is 25.5. The number of nitrogens with two attached hydrogens (primary N) is 1. The Morgan fingerprint density at radius 1 is 0.733 bits per heavy atom. The van der Waals surface area contributed by atoms with E-state index in [9.17, 15) is 47.9 Å². The van der Waals surface area contributed by atoms with Gasteiger partial charge >= 0.3 is 0 Å². The summed E-state index contributed by atoms with van der Waals surface area (Å²) in [6, 6.07) is 3.05. The van der Waals surface area contributed by atoms with E-state index in [2.05, 4.69) is 69.8 Å². The van der Waals surface area contributed by atoms with Crippen molar-refractivity contribution in [2.75, 3.05) is 13.1 Å². The molecule has 1 aliphatic rings. The summed E-state index contributed by atoms with van der Waals surface area (Å²) in [7, 11) is 0. The fraction of sp³-hybridized carbons (Fsp3) is 0.627. The van der Waals surface area contributed by atoms with Crippen molar-refractivity contribution in [3.05, 3.63) is 48.3 Å². The van der Waals surface area contributed by atoms with Crippen LogP contribution in [-0.2, 0) is 43.2 Å². The van der Waals surface area contributed by atoms with Crippen LogP contribution in [0.15, 0.2) is 42.5 Å². The number of tetrazole rings is 1. The lowest BCUT2D eigenvalue weighted by Crippen LogP contribution is -2.65. The minimum absolute atomic E-state index is 0.0173. The predicted octanol–water partition coefficient (Wildman–Crippen LogP) is 0.358. The molecule has 0 spiro atoms. The number of benzene rings is 1. The number of nitrogens with zero attached hydrogens (tertiary/aromatic N) is 4. The van der Waals surface area contributed by atoms with Gasteiger partial charge in [0, 0.05) is 25.6 Å². The lowest BCUT2D eigenvalue weighted by atomic mass is 9.97. The topological polar surface area (TPSA) is 349 Å². The zero-order chi connectivity index (χ0) is 56.5. The molecule has 1 aromatic carbocycles. The molecule has 1 aliphatic carbocycles. The number of nitrogens with one attached hydrogen (secondary N) is 9. The van der Waals surface area contributed by atoms with Gasteiger partial charge in [-0.2, -0.15) is 0 Å². The normalized spacial score (nSPS) is 17.1. The molecule has 0 radical (unpaired) electrons. The van der Waals surface area contributed by atoms with Gasteiger partial charge in [0.15, 0.2) is 0 Å². The molecule has 1 aromatic heterocycles. The molecule has 0 bridgehead atoms. The number of hydrogen-bond donors (Lipinski definition) is 10. The number of hydrogen-bond acceptors (Lipinski definition) is 13. The van der Waals surface area contributed by atoms with Crippen molar-refractivity contribution in [3.8, 4) is 5.69 Å². The highest BCUT2D eigenvalue weighted by Gasteiger charge is 2.63. The van der Waals surface area contributed by atoms with Crippen molar-refractivity contribution in [2.45, 2.75) is 163 Å². The summed E-state index contributed by atoms with van der Waals surface area (Å²) in [6.07, 6.45) is 0.798. The van der Waals surface area contributed by atoms with E-state index >= 15 is 0 Å². The number of carbonyl (C=O) groups excluding carboxylic acids is 10. The lowest BCUT2D eigenvalue weighted by molar-refractivity contribution is -0.139. The zero-order valence-corrected chi connectivity index (χ0v) is 45.5. The van der Waals surface area contributed by atoms with E-state index < -0.39 is 100 Å². The minimum atomic E-state index is -1.70. The van der Waals surface area contributed by atoms with Crippen molar-refractivity contribution in [3.63, 3.8) is 0 Å². The van der Waals surface area contributed by atoms with Gasteiger partial charge in [-0.1, -0.05) is 80.2 Å². The highest BCUT2D eigenvalue weighted by Crippen LogP contribution is 2.49. The van der Waals surface area contributed by atoms with Gasteiger partial charge in [0.25, 0.3) is 11.7 Å². The van der Waals surface area contributed by atoms with Gasteiger partial charge in [0.2, 0.25) is 53.2 Å². The zero-order valence-electron chi connectivity index (χ0n) is 45.5. The average Bonchev–Trinajstić information content (AvgIpc) is 3.85. The largest absolute Gasteiger partial charge is 0.368 e. The fourth-order valence-electron chi connectivity index (χ4n) is 8.20. The van der Waals surface area contributed by atoms with Crippen LogP contribution in [0.2, 0.25) is 0 Å². The van der Waals surface area contributed by atoms with Gasteiger partial charge in [0.1, 0.15) is 41.3 Å². The van der Waals surface area contributed by atoms with Crippen LogP contribution in [-0.4, -0.2) is 134 Å². The van der Waals surface area contributed by atoms with Crippen molar-refractivity contribution in [1.29, 1.82) is 0 Å². The number of carbonyl (C=O) groups is 10. The van der Waals surface area contributed by atoms with Crippen LogP contribution >= 0.6 is 0 Å². The number of amides is 10. The van der Waals surface area contributed by atoms with E-state index in [1.807, 2.05) is 33.8 Å². The van der Waals surface area contributed by atoms with Crippen LogP contribution < -0.4 is 53.6 Å². The molecular weight excluding hydrogens is 969 g/mol. The average molecular weight is 1050 g/mol. The highest BCUT2D eigenvalue weighted by molar-refractivity contribution is 6.01. The summed E-state index contributed by atoms with van der Waals surface area (Å²) < 4.78 is 0. The number of primary amides is 1. The summed E-state index contributed by atoms with van der Waals surface area (Å²) in [5.74, 6) is -8.19. The molecule has 24 nitrogen and oxygen atoms in total. The Bertz CT molecular complexity index is 2390. The molecule has 7 atom stereocenters. The number of aromatic nitrogens is 4. The molecule has 11 N–H and O–H groups in total. The number of rotatable bonds is 30. The molecule has 1 fully saturated rings. The minimum Gasteiger partial charge on any atom is -0.368 e. The van der Waals surface area contributed by atoms with E-state index in [1.54, 1.807) is 58.9 Å². The SMILES string of the molecule is C=C(C)C(=O)NCCC[C@H](NC(=O)[C@@H](NC(C)=O)C(C)C)C(=O)NC1(C(=O)NC(C)(C)C(=O)N[C@H](C(=O)N[C@@H](CCCNC(=O)c2nnn(-c3ccccc3)n2)C(=O)N[C@@H](CC(C)C)C(N)=O)C(C)C)CC1C(C)C. The highest BCUT2D eigenvalue weighted by atomic mass is 16.2. The van der Waals surface area contributed by atoms with Crippen molar-refractivity contribution >= 4 is 59.1 Å². The molecule has 414 valence electrons. The van der Waals surface area contributed by atoms with Gasteiger partial charge in [-0.05, 0) is 106 Å². The second kappa shape index (κ2) is 27.9. The lowest BCUT2D eigenvalue weighted by Gasteiger charge is -2.33. The standard InChI is InChI=1S/C51H80N14O10/c1-27(2)25-37(40(52)67)58-43(69)35(21-17-24-54-47(73)41-62-64-65(63-41)33-19-15-14-16-20-33)56-46(72)39(30(7)8)59-48(74)50(12,13)61-49(75)51(26-34(51)28(3)4)60-44(70)36(22-18-23-53-42(68)31(9)10)57-45(71)38(29(5)6)55-32(11)66/h14-16,19-20,27-30,34-39H,9,17-18,21-26H2,1-8,10-13H3,(H2,52,67)(H,53,68)(H,54,73)(H,55,66)(H,56,72)(H,57,71)(H,58,69)(H,59,74)(H,60,70)(H,61,75)/t34?,35-,36-,37-,38-,39-,51?/m0/s1. The molecule has 75 heavy (non-hydrogen) atoms. The van der Waals surface area contributed by atoms with E-state index in [1.165, 1.54) is 25.6 Å². The Kier molecular flexibility index (Phi) is 23.0. The van der Waals surface area contributed by atoms with Crippen LogP contribution in [0.4, 0.5) is 0 Å². The Labute approximate surface area is 439 Å². The quantitative estimate of drug-likeness (QED) is 0.0374. The summed E-state index contributed by atoms with van der Waals surface area (Å²) in [4.78, 5) is 135. The van der Waals surface area contributed by atoms with Crippen molar-refractivity contribution < 1.29 is 47.9 Å². The fourth-order valence-corrected chi connectivity index (χ4v) is 8.20. The third-order valence-corrected chi connectivity index (χ3v) is 12.6. The summed E-state index contributed by atoms with van der Waals surface area (Å²) in [5, 5.41) is 36.3. The first kappa shape index (κ1) is 62.0. The molecule has 2 aromatic rings. The summed E-state index contributed by atoms with van der Waals surface area (Å²) in [6.45, 7) is 23.7. The molecular formula is C51H80N14O10. The molecule has 10 amide bonds. The molecule has 1 saturated carbocycles. The van der Waals surface area contributed by atoms with Crippen LogP contribution in [0.3, 0.4) is 0 Å². The van der Waals surface area contributed by atoms with Crippen LogP contribution in [0.1, 0.15) is 132 Å². The van der Waals surface area contributed by atoms with Crippen LogP contribution in [0.25, 0.3) is 5.69 Å². The monoisotopic (exact) mass is 1050 g/mol. The first-order valence-electron chi connectivity index (χ1n) is 25.5. The van der Waals surface area contributed by atoms with Gasteiger partial charge in [0.05, 0.1) is 5.69 Å². The summed E-state index contributed by atoms with van der Waals surface area (Å²) >= 11 is 0. The smallest absolute Gasteiger partial charge is 0.292 e. The van der Waals surface area contributed by atoms with Gasteiger partial charge in [-0.3, -0.25) is 47.9 Å². The van der Waals surface area contributed by atoms with E-state index in [-0.39, 0.29) is 92.6 Å². The van der Waals surface area contributed by atoms with Crippen LogP contribution in [0.5, 0.6) is 0 Å². The van der Waals surface area contributed by atoms with E-state index in [4.69, 9.17) is 5.73 Å².